The van der Waals surface area contributed by atoms with Crippen LogP contribution in [0, 0.1) is 11.8 Å². The van der Waals surface area contributed by atoms with Crippen molar-refractivity contribution in [2.24, 2.45) is 11.8 Å². The van der Waals surface area contributed by atoms with Crippen molar-refractivity contribution in [3.63, 3.8) is 0 Å². The van der Waals surface area contributed by atoms with E-state index in [9.17, 15) is 4.79 Å². The van der Waals surface area contributed by atoms with Crippen molar-refractivity contribution in [1.82, 2.24) is 0 Å². The van der Waals surface area contributed by atoms with Crippen LogP contribution in [-0.4, -0.2) is 5.97 Å². The summed E-state index contributed by atoms with van der Waals surface area (Å²) in [7, 11) is 0. The second-order valence-corrected chi connectivity index (χ2v) is 4.24. The minimum absolute atomic E-state index is 0.254. The first-order chi connectivity index (χ1) is 6.52. The average Bonchev–Trinajstić information content (AvgIpc) is 2.02. The highest BCUT2D eigenvalue weighted by atomic mass is 16.5. The largest absolute Gasteiger partial charge is 0.435 e. The lowest BCUT2D eigenvalue weighted by molar-refractivity contribution is -0.135. The van der Waals surface area contributed by atoms with Crippen LogP contribution in [0.5, 0.6) is 0 Å². The Labute approximate surface area is 87.3 Å². The molecule has 0 fully saturated rings. The fourth-order valence-corrected chi connectivity index (χ4v) is 1.21. The molecular formula is C12H22O2. The highest BCUT2D eigenvalue weighted by Gasteiger charge is 1.99. The normalized spacial score (nSPS) is 13.5. The number of allylic oxidation sites excluding steroid dienone is 1. The van der Waals surface area contributed by atoms with E-state index < -0.39 is 0 Å². The number of carbonyl (C=O) groups excluding carboxylic acids is 1. The molecule has 0 aliphatic rings. The number of carbonyl (C=O) groups is 1. The van der Waals surface area contributed by atoms with Gasteiger partial charge in [-0.3, -0.25) is 4.79 Å². The first kappa shape index (κ1) is 13.2. The highest BCUT2D eigenvalue weighted by Crippen LogP contribution is 2.13. The molecule has 0 aliphatic carbocycles. The Bertz CT molecular complexity index is 183. The van der Waals surface area contributed by atoms with Gasteiger partial charge in [0, 0.05) is 6.92 Å². The Morgan fingerprint density at radius 3 is 2.43 bits per heavy atom. The molecule has 2 heteroatoms. The Morgan fingerprint density at radius 1 is 1.29 bits per heavy atom. The van der Waals surface area contributed by atoms with E-state index in [1.165, 1.54) is 26.0 Å². The SMILES string of the molecule is CC(=O)OC=CC(C)CCCC(C)C. The van der Waals surface area contributed by atoms with E-state index >= 15 is 0 Å². The van der Waals surface area contributed by atoms with Gasteiger partial charge >= 0.3 is 5.97 Å². The summed E-state index contributed by atoms with van der Waals surface area (Å²) in [6, 6.07) is 0. The van der Waals surface area contributed by atoms with Crippen LogP contribution >= 0.6 is 0 Å². The van der Waals surface area contributed by atoms with Gasteiger partial charge in [0.05, 0.1) is 6.26 Å². The van der Waals surface area contributed by atoms with Crippen LogP contribution in [0.15, 0.2) is 12.3 Å². The molecule has 2 nitrogen and oxygen atoms in total. The van der Waals surface area contributed by atoms with E-state index in [0.29, 0.717) is 5.92 Å². The van der Waals surface area contributed by atoms with Gasteiger partial charge in [0.2, 0.25) is 0 Å². The summed E-state index contributed by atoms with van der Waals surface area (Å²) in [6.45, 7) is 8.02. The molecule has 0 saturated heterocycles. The standard InChI is InChI=1S/C12H22O2/c1-10(2)6-5-7-11(3)8-9-14-12(4)13/h8-11H,5-7H2,1-4H3. The second kappa shape index (κ2) is 7.60. The number of esters is 1. The average molecular weight is 198 g/mol. The molecule has 1 atom stereocenters. The Hall–Kier alpha value is -0.790. The predicted octanol–water partition coefficient (Wildman–Crippen LogP) is 3.53. The summed E-state index contributed by atoms with van der Waals surface area (Å²) in [6.07, 6.45) is 7.12. The van der Waals surface area contributed by atoms with Crippen LogP contribution in [-0.2, 0) is 9.53 Å². The number of hydrogen-bond donors (Lipinski definition) is 0. The van der Waals surface area contributed by atoms with Crippen LogP contribution < -0.4 is 0 Å². The summed E-state index contributed by atoms with van der Waals surface area (Å²) in [5.74, 6) is 1.02. The van der Waals surface area contributed by atoms with E-state index in [4.69, 9.17) is 4.74 Å². The Morgan fingerprint density at radius 2 is 1.93 bits per heavy atom. The molecule has 0 aromatic heterocycles. The van der Waals surface area contributed by atoms with E-state index in [1.807, 2.05) is 6.08 Å². The van der Waals surface area contributed by atoms with Gasteiger partial charge in [0.25, 0.3) is 0 Å². The van der Waals surface area contributed by atoms with E-state index in [2.05, 4.69) is 20.8 Å². The molecule has 0 saturated carbocycles. The van der Waals surface area contributed by atoms with E-state index in [0.717, 1.165) is 12.3 Å². The molecule has 82 valence electrons. The van der Waals surface area contributed by atoms with Gasteiger partial charge < -0.3 is 4.74 Å². The van der Waals surface area contributed by atoms with Crippen molar-refractivity contribution >= 4 is 5.97 Å². The van der Waals surface area contributed by atoms with Gasteiger partial charge in [0.15, 0.2) is 0 Å². The zero-order chi connectivity index (χ0) is 11.0. The van der Waals surface area contributed by atoms with Crippen LogP contribution in [0.1, 0.15) is 47.0 Å². The molecule has 0 aromatic carbocycles. The molecule has 0 heterocycles. The molecule has 0 rings (SSSR count). The van der Waals surface area contributed by atoms with E-state index in [1.54, 1.807) is 0 Å². The zero-order valence-corrected chi connectivity index (χ0v) is 9.75. The maximum Gasteiger partial charge on any atom is 0.307 e. The van der Waals surface area contributed by atoms with Gasteiger partial charge in [-0.15, -0.1) is 0 Å². The van der Waals surface area contributed by atoms with Gasteiger partial charge in [0.1, 0.15) is 0 Å². The lowest BCUT2D eigenvalue weighted by atomic mass is 10.00. The van der Waals surface area contributed by atoms with Crippen LogP contribution in [0.3, 0.4) is 0 Å². The Balaban J connectivity index is 3.49. The molecule has 0 amide bonds. The first-order valence-corrected chi connectivity index (χ1v) is 5.36. The molecule has 0 N–H and O–H groups in total. The Kier molecular flexibility index (Phi) is 7.17. The van der Waals surface area contributed by atoms with Crippen molar-refractivity contribution in [2.75, 3.05) is 0 Å². The van der Waals surface area contributed by atoms with Gasteiger partial charge in [-0.2, -0.15) is 0 Å². The monoisotopic (exact) mass is 198 g/mol. The first-order valence-electron chi connectivity index (χ1n) is 5.36. The van der Waals surface area contributed by atoms with Gasteiger partial charge in [-0.05, 0) is 24.3 Å². The number of rotatable bonds is 6. The smallest absolute Gasteiger partial charge is 0.307 e. The maximum absolute atomic E-state index is 10.5. The third kappa shape index (κ3) is 9.30. The molecule has 0 bridgehead atoms. The minimum Gasteiger partial charge on any atom is -0.435 e. The fraction of sp³-hybridized carbons (Fsp3) is 0.750. The molecule has 0 aromatic rings. The van der Waals surface area contributed by atoms with Crippen molar-refractivity contribution < 1.29 is 9.53 Å². The van der Waals surface area contributed by atoms with Crippen molar-refractivity contribution in [3.05, 3.63) is 12.3 Å². The zero-order valence-electron chi connectivity index (χ0n) is 9.75. The van der Waals surface area contributed by atoms with Crippen LogP contribution in [0.4, 0.5) is 0 Å². The third-order valence-corrected chi connectivity index (χ3v) is 2.08. The summed E-state index contributed by atoms with van der Waals surface area (Å²) in [5, 5.41) is 0. The molecule has 0 aliphatic heterocycles. The van der Waals surface area contributed by atoms with Crippen LogP contribution in [0.2, 0.25) is 0 Å². The molecule has 1 unspecified atom stereocenters. The van der Waals surface area contributed by atoms with Crippen molar-refractivity contribution in [1.29, 1.82) is 0 Å². The third-order valence-electron chi connectivity index (χ3n) is 2.08. The molecule has 0 radical (unpaired) electrons. The molecular weight excluding hydrogens is 176 g/mol. The van der Waals surface area contributed by atoms with Crippen LogP contribution in [0.25, 0.3) is 0 Å². The maximum atomic E-state index is 10.5. The van der Waals surface area contributed by atoms with Crippen molar-refractivity contribution in [3.8, 4) is 0 Å². The summed E-state index contributed by atoms with van der Waals surface area (Å²) in [4.78, 5) is 10.5. The fourth-order valence-electron chi connectivity index (χ4n) is 1.21. The van der Waals surface area contributed by atoms with Crippen molar-refractivity contribution in [2.45, 2.75) is 47.0 Å². The predicted molar refractivity (Wildman–Crippen MR) is 58.8 cm³/mol. The number of hydrogen-bond acceptors (Lipinski definition) is 2. The molecule has 0 spiro atoms. The lowest BCUT2D eigenvalue weighted by Gasteiger charge is -2.07. The minimum atomic E-state index is -0.254. The molecule has 14 heavy (non-hydrogen) atoms. The van der Waals surface area contributed by atoms with Gasteiger partial charge in [-0.25, -0.2) is 0 Å². The van der Waals surface area contributed by atoms with Gasteiger partial charge in [-0.1, -0.05) is 33.6 Å². The second-order valence-electron chi connectivity index (χ2n) is 4.24. The van der Waals surface area contributed by atoms with E-state index in [-0.39, 0.29) is 5.97 Å². The quantitative estimate of drug-likeness (QED) is 0.482. The lowest BCUT2D eigenvalue weighted by Crippen LogP contribution is -1.95. The summed E-state index contributed by atoms with van der Waals surface area (Å²) >= 11 is 0. The number of ether oxygens (including phenoxy) is 1. The summed E-state index contributed by atoms with van der Waals surface area (Å²) in [5.41, 5.74) is 0. The summed E-state index contributed by atoms with van der Waals surface area (Å²) < 4.78 is 4.72. The highest BCUT2D eigenvalue weighted by molar-refractivity contribution is 5.66. The topological polar surface area (TPSA) is 26.3 Å².